The largest absolute Gasteiger partial charge is 0.480 e. The Morgan fingerprint density at radius 2 is 1.89 bits per heavy atom. The van der Waals surface area contributed by atoms with Gasteiger partial charge in [0.05, 0.1) is 7.14 Å². The summed E-state index contributed by atoms with van der Waals surface area (Å²) >= 11 is 3.94. The van der Waals surface area contributed by atoms with Crippen LogP contribution in [0.4, 0.5) is 0 Å². The number of halogens is 2. The van der Waals surface area contributed by atoms with Gasteiger partial charge in [-0.15, -0.1) is 0 Å². The van der Waals surface area contributed by atoms with Gasteiger partial charge in [0, 0.05) is 0 Å². The zero-order valence-corrected chi connectivity index (χ0v) is 19.0. The molecule has 0 radical (unpaired) electrons. The fourth-order valence-corrected chi connectivity index (χ4v) is 4.29. The van der Waals surface area contributed by atoms with Crippen LogP contribution in [-0.4, -0.2) is 30.1 Å². The minimum absolute atomic E-state index is 0.0186. The van der Waals surface area contributed by atoms with E-state index >= 15 is 0 Å². The van der Waals surface area contributed by atoms with Crippen molar-refractivity contribution < 1.29 is 31.8 Å². The van der Waals surface area contributed by atoms with Crippen molar-refractivity contribution in [3.8, 4) is 17.2 Å². The molecule has 0 unspecified atom stereocenters. The van der Waals surface area contributed by atoms with Gasteiger partial charge >= 0.3 is 16.4 Å². The zero-order valence-electron chi connectivity index (χ0n) is 13.8. The van der Waals surface area contributed by atoms with Crippen LogP contribution in [-0.2, 0) is 21.6 Å². The first-order valence-electron chi connectivity index (χ1n) is 7.38. The molecule has 0 fully saturated rings. The van der Waals surface area contributed by atoms with E-state index in [4.69, 9.17) is 20.1 Å². The third-order valence-electron chi connectivity index (χ3n) is 3.38. The molecule has 0 aromatic heterocycles. The van der Waals surface area contributed by atoms with E-state index in [-0.39, 0.29) is 12.2 Å². The van der Waals surface area contributed by atoms with Crippen LogP contribution in [0.1, 0.15) is 11.1 Å². The molecule has 0 aliphatic carbocycles. The lowest BCUT2D eigenvalue weighted by atomic mass is 10.0. The van der Waals surface area contributed by atoms with Crippen LogP contribution in [0, 0.1) is 14.1 Å². The van der Waals surface area contributed by atoms with E-state index in [9.17, 15) is 13.2 Å². The van der Waals surface area contributed by atoms with Crippen LogP contribution in [0.5, 0.6) is 17.2 Å². The van der Waals surface area contributed by atoms with Gasteiger partial charge in [-0.1, -0.05) is 6.07 Å². The van der Waals surface area contributed by atoms with Gasteiger partial charge in [-0.25, -0.2) is 0 Å². The number of hydrogen-bond donors (Lipinski definition) is 3. The number of rotatable bonds is 7. The second-order valence-electron chi connectivity index (χ2n) is 5.58. The van der Waals surface area contributed by atoms with Gasteiger partial charge in [0.25, 0.3) is 0 Å². The number of carboxylic acids is 1. The Bertz CT molecular complexity index is 956. The van der Waals surface area contributed by atoms with Crippen molar-refractivity contribution in [2.24, 2.45) is 5.73 Å². The van der Waals surface area contributed by atoms with Crippen molar-refractivity contribution in [1.82, 2.24) is 0 Å². The molecule has 2 aromatic carbocycles. The fourth-order valence-electron chi connectivity index (χ4n) is 2.23. The molecule has 1 atom stereocenters. The van der Waals surface area contributed by atoms with E-state index in [1.165, 1.54) is 12.1 Å². The molecule has 146 valence electrons. The van der Waals surface area contributed by atoms with E-state index in [0.717, 1.165) is 14.7 Å². The fraction of sp³-hybridized carbons (Fsp3) is 0.188. The maximum absolute atomic E-state index is 10.9. The van der Waals surface area contributed by atoms with Gasteiger partial charge in [-0.05, 0) is 93.9 Å². The smallest absolute Gasteiger partial charge is 0.446 e. The highest BCUT2D eigenvalue weighted by Crippen LogP contribution is 2.34. The summed E-state index contributed by atoms with van der Waals surface area (Å²) < 4.78 is 42.0. The lowest BCUT2D eigenvalue weighted by Gasteiger charge is -2.15. The van der Waals surface area contributed by atoms with Crippen LogP contribution in [0.3, 0.4) is 0 Å². The molecule has 0 saturated carbocycles. The van der Waals surface area contributed by atoms with Gasteiger partial charge in [-0.3, -0.25) is 9.35 Å². The van der Waals surface area contributed by atoms with Gasteiger partial charge < -0.3 is 19.8 Å². The number of ether oxygens (including phenoxy) is 1. The number of hydrogen-bond acceptors (Lipinski definition) is 6. The van der Waals surface area contributed by atoms with Gasteiger partial charge in [0.1, 0.15) is 17.5 Å². The molecule has 27 heavy (non-hydrogen) atoms. The maximum atomic E-state index is 10.9. The van der Waals surface area contributed by atoms with Crippen molar-refractivity contribution >= 4 is 61.6 Å². The Labute approximate surface area is 183 Å². The number of nitrogens with two attached hydrogens (primary N) is 1. The van der Waals surface area contributed by atoms with Crippen molar-refractivity contribution in [2.45, 2.75) is 19.4 Å². The average molecular weight is 619 g/mol. The van der Waals surface area contributed by atoms with Crippen molar-refractivity contribution in [3.63, 3.8) is 0 Å². The third kappa shape index (κ3) is 6.44. The molecule has 0 saturated heterocycles. The number of aryl methyl sites for hydroxylation is 1. The Balaban J connectivity index is 2.25. The Kier molecular flexibility index (Phi) is 7.29. The topological polar surface area (TPSA) is 136 Å². The molecule has 0 amide bonds. The summed E-state index contributed by atoms with van der Waals surface area (Å²) in [6.07, 6.45) is 0.200. The molecule has 0 spiro atoms. The van der Waals surface area contributed by atoms with E-state index < -0.39 is 22.4 Å². The first-order chi connectivity index (χ1) is 12.5. The van der Waals surface area contributed by atoms with Gasteiger partial charge in [0.15, 0.2) is 5.75 Å². The predicted molar refractivity (Wildman–Crippen MR) is 115 cm³/mol. The normalized spacial score (nSPS) is 12.5. The Morgan fingerprint density at radius 3 is 2.41 bits per heavy atom. The summed E-state index contributed by atoms with van der Waals surface area (Å²) in [5.41, 5.74) is 7.16. The Hall–Kier alpha value is -1.16. The summed E-state index contributed by atoms with van der Waals surface area (Å²) in [4.78, 5) is 10.9. The second-order valence-corrected chi connectivity index (χ2v) is 8.92. The number of aliphatic carboxylic acids is 1. The van der Waals surface area contributed by atoms with Crippen molar-refractivity contribution in [2.75, 3.05) is 0 Å². The standard InChI is InChI=1S/C16H15I2NO7S/c1-8-4-9(6-13(19)16(20)21)5-12(18)15(8)25-10-2-3-14(11(17)7-10)26-27(22,23)24/h2-5,7,13H,6,19H2,1H3,(H,20,21)(H,22,23,24)/t13-/m0/s1. The molecule has 2 aromatic rings. The monoisotopic (exact) mass is 619 g/mol. The minimum atomic E-state index is -4.60. The van der Waals surface area contributed by atoms with E-state index in [0.29, 0.717) is 15.1 Å². The molecule has 0 aliphatic heterocycles. The summed E-state index contributed by atoms with van der Waals surface area (Å²) in [5, 5.41) is 8.93. The van der Waals surface area contributed by atoms with Crippen LogP contribution >= 0.6 is 45.2 Å². The summed E-state index contributed by atoms with van der Waals surface area (Å²) in [5.74, 6) is -0.0553. The summed E-state index contributed by atoms with van der Waals surface area (Å²) in [7, 11) is -4.60. The Morgan fingerprint density at radius 1 is 1.22 bits per heavy atom. The molecule has 8 nitrogen and oxygen atoms in total. The molecule has 0 bridgehead atoms. The van der Waals surface area contributed by atoms with Crippen molar-refractivity contribution in [3.05, 3.63) is 48.6 Å². The highest BCUT2D eigenvalue weighted by atomic mass is 127. The van der Waals surface area contributed by atoms with Crippen LogP contribution in [0.2, 0.25) is 0 Å². The molecule has 11 heteroatoms. The van der Waals surface area contributed by atoms with Gasteiger partial charge in [-0.2, -0.15) is 8.42 Å². The SMILES string of the molecule is Cc1cc(C[C@H](N)C(=O)O)cc(I)c1Oc1ccc(OS(=O)(=O)O)c(I)c1. The minimum Gasteiger partial charge on any atom is -0.480 e. The quantitative estimate of drug-likeness (QED) is 0.318. The zero-order chi connectivity index (χ0) is 20.4. The van der Waals surface area contributed by atoms with E-state index in [1.54, 1.807) is 18.2 Å². The van der Waals surface area contributed by atoms with Crippen LogP contribution < -0.4 is 14.7 Å². The molecular weight excluding hydrogens is 604 g/mol. The lowest BCUT2D eigenvalue weighted by Crippen LogP contribution is -2.32. The van der Waals surface area contributed by atoms with E-state index in [1.807, 2.05) is 29.5 Å². The number of benzene rings is 2. The van der Waals surface area contributed by atoms with Crippen molar-refractivity contribution in [1.29, 1.82) is 0 Å². The number of carbonyl (C=O) groups is 1. The third-order valence-corrected chi connectivity index (χ3v) is 5.41. The molecule has 0 aliphatic rings. The number of carboxylic acid groups (broad SMARTS) is 1. The first kappa shape index (κ1) is 22.1. The molecular formula is C16H15I2NO7S. The lowest BCUT2D eigenvalue weighted by molar-refractivity contribution is -0.138. The highest BCUT2D eigenvalue weighted by molar-refractivity contribution is 14.1. The first-order valence-corrected chi connectivity index (χ1v) is 10.9. The molecule has 2 rings (SSSR count). The predicted octanol–water partition coefficient (Wildman–Crippen LogP) is 3.13. The summed E-state index contributed by atoms with van der Waals surface area (Å²) in [6, 6.07) is 7.06. The average Bonchev–Trinajstić information content (AvgIpc) is 2.52. The van der Waals surface area contributed by atoms with E-state index in [2.05, 4.69) is 26.8 Å². The van der Waals surface area contributed by atoms with Gasteiger partial charge in [0.2, 0.25) is 0 Å². The molecule has 0 heterocycles. The molecule has 4 N–H and O–H groups in total. The van der Waals surface area contributed by atoms with Crippen LogP contribution in [0.15, 0.2) is 30.3 Å². The summed E-state index contributed by atoms with van der Waals surface area (Å²) in [6.45, 7) is 1.83. The maximum Gasteiger partial charge on any atom is 0.446 e. The highest BCUT2D eigenvalue weighted by Gasteiger charge is 2.16. The second kappa shape index (κ2) is 8.89. The van der Waals surface area contributed by atoms with Crippen LogP contribution in [0.25, 0.3) is 0 Å².